The molecule has 0 bridgehead atoms. The molecule has 1 amide bonds. The summed E-state index contributed by atoms with van der Waals surface area (Å²) >= 11 is 0. The SMILES string of the molecule is CCCCCC[C@@H](C)NC(=O)CC. The second-order valence-corrected chi connectivity index (χ2v) is 3.67. The number of unbranched alkanes of at least 4 members (excludes halogenated alkanes) is 3. The zero-order chi connectivity index (χ0) is 10.1. The van der Waals surface area contributed by atoms with Gasteiger partial charge in [-0.1, -0.05) is 39.5 Å². The maximum atomic E-state index is 11.0. The van der Waals surface area contributed by atoms with Crippen molar-refractivity contribution in [1.82, 2.24) is 5.32 Å². The maximum absolute atomic E-state index is 11.0. The summed E-state index contributed by atoms with van der Waals surface area (Å²) in [4.78, 5) is 11.0. The summed E-state index contributed by atoms with van der Waals surface area (Å²) in [7, 11) is 0. The van der Waals surface area contributed by atoms with E-state index in [0.717, 1.165) is 6.42 Å². The smallest absolute Gasteiger partial charge is 0.219 e. The average molecular weight is 185 g/mol. The first-order chi connectivity index (χ1) is 6.20. The molecule has 0 fully saturated rings. The zero-order valence-corrected chi connectivity index (χ0v) is 9.23. The van der Waals surface area contributed by atoms with Gasteiger partial charge in [0.15, 0.2) is 0 Å². The van der Waals surface area contributed by atoms with Gasteiger partial charge in [0.05, 0.1) is 0 Å². The molecule has 0 saturated carbocycles. The van der Waals surface area contributed by atoms with Crippen molar-refractivity contribution in [2.24, 2.45) is 0 Å². The highest BCUT2D eigenvalue weighted by molar-refractivity contribution is 5.75. The van der Waals surface area contributed by atoms with Crippen LogP contribution in [-0.4, -0.2) is 11.9 Å². The van der Waals surface area contributed by atoms with E-state index in [0.29, 0.717) is 12.5 Å². The minimum atomic E-state index is 0.169. The molecule has 0 spiro atoms. The van der Waals surface area contributed by atoms with Gasteiger partial charge in [-0.15, -0.1) is 0 Å². The van der Waals surface area contributed by atoms with Gasteiger partial charge in [-0.25, -0.2) is 0 Å². The Morgan fingerprint density at radius 1 is 1.23 bits per heavy atom. The Morgan fingerprint density at radius 2 is 1.92 bits per heavy atom. The van der Waals surface area contributed by atoms with Crippen molar-refractivity contribution in [3.05, 3.63) is 0 Å². The maximum Gasteiger partial charge on any atom is 0.219 e. The van der Waals surface area contributed by atoms with Gasteiger partial charge in [0, 0.05) is 12.5 Å². The summed E-state index contributed by atoms with van der Waals surface area (Å²) in [5.74, 6) is 0.169. The number of carbonyl (C=O) groups excluding carboxylic acids is 1. The molecule has 0 unspecified atom stereocenters. The molecule has 0 aliphatic heterocycles. The summed E-state index contributed by atoms with van der Waals surface area (Å²) < 4.78 is 0. The van der Waals surface area contributed by atoms with Gasteiger partial charge in [-0.05, 0) is 13.3 Å². The van der Waals surface area contributed by atoms with Gasteiger partial charge in [0.25, 0.3) is 0 Å². The van der Waals surface area contributed by atoms with Crippen LogP contribution in [0, 0.1) is 0 Å². The Hall–Kier alpha value is -0.530. The second-order valence-electron chi connectivity index (χ2n) is 3.67. The first kappa shape index (κ1) is 12.5. The van der Waals surface area contributed by atoms with Crippen LogP contribution in [-0.2, 0) is 4.79 Å². The van der Waals surface area contributed by atoms with E-state index in [4.69, 9.17) is 0 Å². The normalized spacial score (nSPS) is 12.5. The topological polar surface area (TPSA) is 29.1 Å². The third-order valence-electron chi connectivity index (χ3n) is 2.22. The molecule has 0 aromatic carbocycles. The molecule has 1 N–H and O–H groups in total. The Balaban J connectivity index is 3.29. The summed E-state index contributed by atoms with van der Waals surface area (Å²) in [5, 5.41) is 2.97. The van der Waals surface area contributed by atoms with Crippen LogP contribution >= 0.6 is 0 Å². The van der Waals surface area contributed by atoms with Gasteiger partial charge >= 0.3 is 0 Å². The van der Waals surface area contributed by atoms with Crippen LogP contribution in [0.5, 0.6) is 0 Å². The fraction of sp³-hybridized carbons (Fsp3) is 0.909. The first-order valence-corrected chi connectivity index (χ1v) is 5.50. The number of carbonyl (C=O) groups is 1. The standard InChI is InChI=1S/C11H23NO/c1-4-6-7-8-9-10(3)12-11(13)5-2/h10H,4-9H2,1-3H3,(H,12,13)/t10-/m1/s1. The third kappa shape index (κ3) is 7.82. The number of amides is 1. The van der Waals surface area contributed by atoms with Gasteiger partial charge < -0.3 is 5.32 Å². The lowest BCUT2D eigenvalue weighted by atomic mass is 10.1. The van der Waals surface area contributed by atoms with Crippen LogP contribution in [0.15, 0.2) is 0 Å². The van der Waals surface area contributed by atoms with Gasteiger partial charge in [0.1, 0.15) is 0 Å². The highest BCUT2D eigenvalue weighted by Crippen LogP contribution is 2.05. The van der Waals surface area contributed by atoms with E-state index >= 15 is 0 Å². The second kappa shape index (κ2) is 8.09. The van der Waals surface area contributed by atoms with Crippen molar-refractivity contribution < 1.29 is 4.79 Å². The van der Waals surface area contributed by atoms with E-state index in [1.165, 1.54) is 25.7 Å². The van der Waals surface area contributed by atoms with Crippen molar-refractivity contribution in [2.45, 2.75) is 65.3 Å². The van der Waals surface area contributed by atoms with Crippen molar-refractivity contribution in [1.29, 1.82) is 0 Å². The first-order valence-electron chi connectivity index (χ1n) is 5.50. The molecular weight excluding hydrogens is 162 g/mol. The summed E-state index contributed by atoms with van der Waals surface area (Å²) in [6.45, 7) is 6.18. The van der Waals surface area contributed by atoms with E-state index in [-0.39, 0.29) is 5.91 Å². The average Bonchev–Trinajstić information content (AvgIpc) is 2.12. The lowest BCUT2D eigenvalue weighted by Gasteiger charge is -2.12. The fourth-order valence-corrected chi connectivity index (χ4v) is 1.33. The summed E-state index contributed by atoms with van der Waals surface area (Å²) in [6, 6.07) is 0.351. The molecule has 78 valence electrons. The largest absolute Gasteiger partial charge is 0.354 e. The summed E-state index contributed by atoms with van der Waals surface area (Å²) in [5.41, 5.74) is 0. The molecule has 0 rings (SSSR count). The quantitative estimate of drug-likeness (QED) is 0.607. The fourth-order valence-electron chi connectivity index (χ4n) is 1.33. The van der Waals surface area contributed by atoms with Gasteiger partial charge in [0.2, 0.25) is 5.91 Å². The molecule has 2 nitrogen and oxygen atoms in total. The molecular formula is C11H23NO. The molecule has 0 aromatic heterocycles. The Kier molecular flexibility index (Phi) is 7.76. The molecule has 0 saturated heterocycles. The number of rotatable bonds is 7. The molecule has 0 aliphatic rings. The molecule has 2 heteroatoms. The third-order valence-corrected chi connectivity index (χ3v) is 2.22. The van der Waals surface area contributed by atoms with E-state index in [1.807, 2.05) is 6.92 Å². The van der Waals surface area contributed by atoms with Crippen molar-refractivity contribution in [3.8, 4) is 0 Å². The van der Waals surface area contributed by atoms with Crippen LogP contribution in [0.1, 0.15) is 59.3 Å². The van der Waals surface area contributed by atoms with Crippen molar-refractivity contribution in [3.63, 3.8) is 0 Å². The Morgan fingerprint density at radius 3 is 2.46 bits per heavy atom. The van der Waals surface area contributed by atoms with Gasteiger partial charge in [-0.2, -0.15) is 0 Å². The number of nitrogens with one attached hydrogen (secondary N) is 1. The molecule has 0 aromatic rings. The highest BCUT2D eigenvalue weighted by atomic mass is 16.1. The molecule has 1 atom stereocenters. The summed E-state index contributed by atoms with van der Waals surface area (Å²) in [6.07, 6.45) is 6.83. The van der Waals surface area contributed by atoms with Gasteiger partial charge in [-0.3, -0.25) is 4.79 Å². The minimum absolute atomic E-state index is 0.169. The van der Waals surface area contributed by atoms with E-state index in [9.17, 15) is 4.79 Å². The van der Waals surface area contributed by atoms with Crippen LogP contribution < -0.4 is 5.32 Å². The van der Waals surface area contributed by atoms with E-state index < -0.39 is 0 Å². The Labute approximate surface area is 82.1 Å². The van der Waals surface area contributed by atoms with E-state index in [1.54, 1.807) is 0 Å². The molecule has 13 heavy (non-hydrogen) atoms. The zero-order valence-electron chi connectivity index (χ0n) is 9.23. The lowest BCUT2D eigenvalue weighted by molar-refractivity contribution is -0.121. The molecule has 0 heterocycles. The van der Waals surface area contributed by atoms with Crippen LogP contribution in [0.4, 0.5) is 0 Å². The van der Waals surface area contributed by atoms with Crippen LogP contribution in [0.25, 0.3) is 0 Å². The monoisotopic (exact) mass is 185 g/mol. The molecule has 0 radical (unpaired) electrons. The lowest BCUT2D eigenvalue weighted by Crippen LogP contribution is -2.31. The predicted molar refractivity (Wildman–Crippen MR) is 56.7 cm³/mol. The number of hydrogen-bond acceptors (Lipinski definition) is 1. The highest BCUT2D eigenvalue weighted by Gasteiger charge is 2.03. The minimum Gasteiger partial charge on any atom is -0.354 e. The Bertz CT molecular complexity index is 134. The van der Waals surface area contributed by atoms with Crippen LogP contribution in [0.2, 0.25) is 0 Å². The van der Waals surface area contributed by atoms with Crippen molar-refractivity contribution >= 4 is 5.91 Å². The van der Waals surface area contributed by atoms with Crippen molar-refractivity contribution in [2.75, 3.05) is 0 Å². The van der Waals surface area contributed by atoms with Crippen LogP contribution in [0.3, 0.4) is 0 Å². The molecule has 0 aliphatic carbocycles. The predicted octanol–water partition coefficient (Wildman–Crippen LogP) is 2.87. The van der Waals surface area contributed by atoms with E-state index in [2.05, 4.69) is 19.2 Å². The number of hydrogen-bond donors (Lipinski definition) is 1.